The van der Waals surface area contributed by atoms with Crippen LogP contribution in [0, 0.1) is 18.3 Å². The highest BCUT2D eigenvalue weighted by atomic mass is 16.6. The SMILES string of the molecule is Cc1ccc(-c2cc(-c3ccco3)c(C#N)c(=O)n2C2OC(CO)C(O)C(O)C2O)cc1. The first-order valence-electron chi connectivity index (χ1n) is 9.98. The second-order valence-corrected chi connectivity index (χ2v) is 7.67. The van der Waals surface area contributed by atoms with Gasteiger partial charge in [-0.15, -0.1) is 0 Å². The molecule has 3 heterocycles. The van der Waals surface area contributed by atoms with Gasteiger partial charge in [-0.25, -0.2) is 0 Å². The third-order valence-corrected chi connectivity index (χ3v) is 5.61. The Balaban J connectivity index is 2.00. The van der Waals surface area contributed by atoms with Crippen LogP contribution in [-0.4, -0.2) is 56.0 Å². The second-order valence-electron chi connectivity index (χ2n) is 7.67. The summed E-state index contributed by atoms with van der Waals surface area (Å²) in [5, 5.41) is 50.3. The van der Waals surface area contributed by atoms with Crippen LogP contribution in [0.3, 0.4) is 0 Å². The van der Waals surface area contributed by atoms with Gasteiger partial charge < -0.3 is 29.6 Å². The normalized spacial score (nSPS) is 25.4. The quantitative estimate of drug-likeness (QED) is 0.470. The van der Waals surface area contributed by atoms with E-state index in [1.165, 1.54) is 6.26 Å². The predicted molar refractivity (Wildman–Crippen MR) is 112 cm³/mol. The van der Waals surface area contributed by atoms with E-state index >= 15 is 0 Å². The fraction of sp³-hybridized carbons (Fsp3) is 0.304. The molecule has 1 aromatic carbocycles. The van der Waals surface area contributed by atoms with Crippen molar-refractivity contribution in [3.8, 4) is 28.7 Å². The predicted octanol–water partition coefficient (Wildman–Crippen LogP) is 0.928. The summed E-state index contributed by atoms with van der Waals surface area (Å²) in [6, 6.07) is 13.9. The number of ether oxygens (including phenoxy) is 1. The summed E-state index contributed by atoms with van der Waals surface area (Å²) in [6.07, 6.45) is -6.22. The Morgan fingerprint density at radius 1 is 1.09 bits per heavy atom. The van der Waals surface area contributed by atoms with Crippen LogP contribution in [0.15, 0.2) is 57.9 Å². The molecule has 1 saturated heterocycles. The van der Waals surface area contributed by atoms with Crippen LogP contribution in [0.25, 0.3) is 22.6 Å². The zero-order chi connectivity index (χ0) is 23.0. The summed E-state index contributed by atoms with van der Waals surface area (Å²) in [5.41, 5.74) is 1.11. The number of aliphatic hydroxyl groups excluding tert-OH is 4. The van der Waals surface area contributed by atoms with Gasteiger partial charge in [-0.1, -0.05) is 29.8 Å². The molecular formula is C23H22N2O7. The van der Waals surface area contributed by atoms with Gasteiger partial charge in [0, 0.05) is 5.56 Å². The molecule has 0 spiro atoms. The Bertz CT molecular complexity index is 1190. The van der Waals surface area contributed by atoms with Crippen molar-refractivity contribution in [1.82, 2.24) is 4.57 Å². The number of hydrogen-bond donors (Lipinski definition) is 4. The molecule has 0 bridgehead atoms. The van der Waals surface area contributed by atoms with E-state index in [9.17, 15) is 30.5 Å². The molecule has 4 N–H and O–H groups in total. The monoisotopic (exact) mass is 438 g/mol. The Kier molecular flexibility index (Phi) is 5.97. The first-order chi connectivity index (χ1) is 15.4. The topological polar surface area (TPSA) is 149 Å². The molecule has 0 saturated carbocycles. The molecule has 0 aliphatic carbocycles. The zero-order valence-corrected chi connectivity index (χ0v) is 17.1. The summed E-state index contributed by atoms with van der Waals surface area (Å²) in [5.74, 6) is 0.313. The van der Waals surface area contributed by atoms with Crippen LogP contribution in [0.4, 0.5) is 0 Å². The minimum Gasteiger partial charge on any atom is -0.464 e. The van der Waals surface area contributed by atoms with Crippen molar-refractivity contribution in [3.05, 3.63) is 70.2 Å². The van der Waals surface area contributed by atoms with E-state index < -0.39 is 42.8 Å². The second kappa shape index (κ2) is 8.70. The average Bonchev–Trinajstić information content (AvgIpc) is 3.33. The van der Waals surface area contributed by atoms with E-state index in [4.69, 9.17) is 9.15 Å². The van der Waals surface area contributed by atoms with Gasteiger partial charge in [0.05, 0.1) is 18.6 Å². The van der Waals surface area contributed by atoms with Gasteiger partial charge in [-0.3, -0.25) is 9.36 Å². The van der Waals surface area contributed by atoms with E-state index in [1.807, 2.05) is 25.1 Å². The maximum absolute atomic E-state index is 13.5. The van der Waals surface area contributed by atoms with Gasteiger partial charge in [0.15, 0.2) is 6.23 Å². The number of aromatic nitrogens is 1. The van der Waals surface area contributed by atoms with Gasteiger partial charge in [0.2, 0.25) is 0 Å². The van der Waals surface area contributed by atoms with Crippen molar-refractivity contribution in [3.63, 3.8) is 0 Å². The summed E-state index contributed by atoms with van der Waals surface area (Å²) in [4.78, 5) is 13.5. The van der Waals surface area contributed by atoms with Crippen molar-refractivity contribution in [2.75, 3.05) is 6.61 Å². The van der Waals surface area contributed by atoms with Crippen molar-refractivity contribution < 1.29 is 29.6 Å². The lowest BCUT2D eigenvalue weighted by atomic mass is 9.96. The largest absolute Gasteiger partial charge is 0.464 e. The van der Waals surface area contributed by atoms with Crippen molar-refractivity contribution in [2.24, 2.45) is 0 Å². The van der Waals surface area contributed by atoms with Gasteiger partial charge in [0.1, 0.15) is 41.8 Å². The number of aryl methyl sites for hydroxylation is 1. The van der Waals surface area contributed by atoms with Crippen LogP contribution in [-0.2, 0) is 4.74 Å². The molecule has 3 aromatic rings. The van der Waals surface area contributed by atoms with Gasteiger partial charge in [-0.05, 0) is 30.7 Å². The molecule has 9 heteroatoms. The number of hydrogen-bond acceptors (Lipinski definition) is 8. The van der Waals surface area contributed by atoms with E-state index in [2.05, 4.69) is 0 Å². The number of pyridine rings is 1. The summed E-state index contributed by atoms with van der Waals surface area (Å²) in [7, 11) is 0. The Labute approximate surface area is 183 Å². The molecule has 5 unspecified atom stereocenters. The highest BCUT2D eigenvalue weighted by Crippen LogP contribution is 2.34. The van der Waals surface area contributed by atoms with Crippen molar-refractivity contribution in [2.45, 2.75) is 37.6 Å². The third kappa shape index (κ3) is 3.64. The maximum atomic E-state index is 13.5. The third-order valence-electron chi connectivity index (χ3n) is 5.61. The highest BCUT2D eigenvalue weighted by molar-refractivity contribution is 5.73. The first kappa shape index (κ1) is 22.0. The Morgan fingerprint density at radius 2 is 1.81 bits per heavy atom. The zero-order valence-electron chi connectivity index (χ0n) is 17.1. The lowest BCUT2D eigenvalue weighted by molar-refractivity contribution is -0.251. The van der Waals surface area contributed by atoms with Crippen LogP contribution in [0.1, 0.15) is 17.4 Å². The van der Waals surface area contributed by atoms with Gasteiger partial charge in [-0.2, -0.15) is 5.26 Å². The smallest absolute Gasteiger partial charge is 0.271 e. The van der Waals surface area contributed by atoms with Crippen LogP contribution >= 0.6 is 0 Å². The van der Waals surface area contributed by atoms with E-state index in [0.29, 0.717) is 17.0 Å². The summed E-state index contributed by atoms with van der Waals surface area (Å²) in [6.45, 7) is 1.26. The molecule has 32 heavy (non-hydrogen) atoms. The molecule has 9 nitrogen and oxygen atoms in total. The molecule has 1 aliphatic rings. The van der Waals surface area contributed by atoms with Crippen molar-refractivity contribution >= 4 is 0 Å². The minimum atomic E-state index is -1.70. The fourth-order valence-electron chi connectivity index (χ4n) is 3.85. The molecule has 4 rings (SSSR count). The molecule has 2 aromatic heterocycles. The average molecular weight is 438 g/mol. The van der Waals surface area contributed by atoms with Gasteiger partial charge >= 0.3 is 0 Å². The standard InChI is InChI=1S/C23H22N2O7/c1-12-4-6-13(7-5-12)16-9-14(17-3-2-8-31-17)15(10-24)22(30)25(16)23-21(29)20(28)19(27)18(11-26)32-23/h2-9,18-21,23,26-29H,11H2,1H3. The molecular weight excluding hydrogens is 416 g/mol. The number of benzene rings is 1. The molecule has 0 radical (unpaired) electrons. The van der Waals surface area contributed by atoms with E-state index in [0.717, 1.165) is 10.1 Å². The number of nitriles is 1. The number of aliphatic hydroxyl groups is 4. The van der Waals surface area contributed by atoms with E-state index in [-0.39, 0.29) is 11.1 Å². The van der Waals surface area contributed by atoms with Gasteiger partial charge in [0.25, 0.3) is 5.56 Å². The lowest BCUT2D eigenvalue weighted by Crippen LogP contribution is -2.57. The Morgan fingerprint density at radius 3 is 2.41 bits per heavy atom. The minimum absolute atomic E-state index is 0.243. The molecule has 5 atom stereocenters. The van der Waals surface area contributed by atoms with Crippen molar-refractivity contribution in [1.29, 1.82) is 5.26 Å². The number of nitrogens with zero attached hydrogens (tertiary/aromatic N) is 2. The number of furan rings is 1. The maximum Gasteiger partial charge on any atom is 0.271 e. The molecule has 0 amide bonds. The first-order valence-corrected chi connectivity index (χ1v) is 9.98. The van der Waals surface area contributed by atoms with Crippen LogP contribution in [0.5, 0.6) is 0 Å². The summed E-state index contributed by atoms with van der Waals surface area (Å²) >= 11 is 0. The number of rotatable bonds is 4. The van der Waals surface area contributed by atoms with E-state index in [1.54, 1.807) is 30.3 Å². The summed E-state index contributed by atoms with van der Waals surface area (Å²) < 4.78 is 12.1. The highest BCUT2D eigenvalue weighted by Gasteiger charge is 2.45. The van der Waals surface area contributed by atoms with Crippen LogP contribution < -0.4 is 5.56 Å². The molecule has 166 valence electrons. The van der Waals surface area contributed by atoms with Crippen LogP contribution in [0.2, 0.25) is 0 Å². The fourth-order valence-corrected chi connectivity index (χ4v) is 3.85. The lowest BCUT2D eigenvalue weighted by Gasteiger charge is -2.41. The Hall–Kier alpha value is -3.26. The molecule has 1 aliphatic heterocycles. The molecule has 1 fully saturated rings.